The van der Waals surface area contributed by atoms with Gasteiger partial charge in [-0.3, -0.25) is 4.99 Å². The highest BCUT2D eigenvalue weighted by Gasteiger charge is 1.94. The largest absolute Gasteiger partial charge is 0.293 e. The number of hydrogen-bond acceptors (Lipinski definition) is 1. The first-order valence-corrected chi connectivity index (χ1v) is 6.17. The summed E-state index contributed by atoms with van der Waals surface area (Å²) < 4.78 is 0. The van der Waals surface area contributed by atoms with Crippen molar-refractivity contribution in [1.29, 1.82) is 0 Å². The standard InChI is InChI=1S/C13H20NP/c1-3-4-5-8-14-10-12-9-11(2)6-7-13(12)15/h6-7,9-10H,3-5,8,15H2,1-2H3/b14-10+. The molecule has 1 aromatic carbocycles. The predicted molar refractivity (Wildman–Crippen MR) is 72.5 cm³/mol. The highest BCUT2D eigenvalue weighted by Crippen LogP contribution is 2.03. The Bertz CT molecular complexity index is 331. The first kappa shape index (κ1) is 12.4. The fourth-order valence-corrected chi connectivity index (χ4v) is 1.68. The minimum absolute atomic E-state index is 0.950. The number of hydrogen-bond donors (Lipinski definition) is 0. The lowest BCUT2D eigenvalue weighted by Crippen LogP contribution is -2.01. The van der Waals surface area contributed by atoms with Gasteiger partial charge in [-0.1, -0.05) is 37.5 Å². The predicted octanol–water partition coefficient (Wildman–Crippen LogP) is 3.10. The molecule has 0 aliphatic rings. The molecule has 0 amide bonds. The smallest absolute Gasteiger partial charge is 0.0389 e. The summed E-state index contributed by atoms with van der Waals surface area (Å²) in [6, 6.07) is 6.41. The van der Waals surface area contributed by atoms with Crippen molar-refractivity contribution in [2.45, 2.75) is 33.1 Å². The van der Waals surface area contributed by atoms with Crippen LogP contribution in [0.3, 0.4) is 0 Å². The van der Waals surface area contributed by atoms with Crippen molar-refractivity contribution in [3.05, 3.63) is 29.3 Å². The van der Waals surface area contributed by atoms with Crippen LogP contribution < -0.4 is 5.30 Å². The monoisotopic (exact) mass is 221 g/mol. The Balaban J connectivity index is 2.52. The van der Waals surface area contributed by atoms with E-state index in [9.17, 15) is 0 Å². The summed E-state index contributed by atoms with van der Waals surface area (Å²) in [7, 11) is 2.75. The molecule has 0 saturated carbocycles. The average Bonchev–Trinajstić information content (AvgIpc) is 2.23. The van der Waals surface area contributed by atoms with E-state index in [1.54, 1.807) is 0 Å². The lowest BCUT2D eigenvalue weighted by molar-refractivity contribution is 0.729. The zero-order valence-corrected chi connectivity index (χ0v) is 10.8. The van der Waals surface area contributed by atoms with E-state index in [1.165, 1.54) is 35.7 Å². The molecular formula is C13H20NP. The highest BCUT2D eigenvalue weighted by atomic mass is 31.0. The third kappa shape index (κ3) is 4.57. The Labute approximate surface area is 95.2 Å². The van der Waals surface area contributed by atoms with Crippen LogP contribution in [0.25, 0.3) is 0 Å². The minimum Gasteiger partial charge on any atom is -0.293 e. The van der Waals surface area contributed by atoms with Crippen LogP contribution in [0.15, 0.2) is 23.2 Å². The molecule has 1 nitrogen and oxygen atoms in total. The van der Waals surface area contributed by atoms with E-state index in [-0.39, 0.29) is 0 Å². The summed E-state index contributed by atoms with van der Waals surface area (Å²) in [5.74, 6) is 0. The van der Waals surface area contributed by atoms with Crippen LogP contribution in [-0.4, -0.2) is 12.8 Å². The molecule has 0 saturated heterocycles. The number of unbranched alkanes of at least 4 members (excludes halogenated alkanes) is 2. The Kier molecular flexibility index (Phi) is 5.57. The van der Waals surface area contributed by atoms with E-state index in [0.29, 0.717) is 0 Å². The normalized spacial score (nSPS) is 11.1. The molecule has 0 spiro atoms. The average molecular weight is 221 g/mol. The van der Waals surface area contributed by atoms with E-state index in [2.05, 4.69) is 46.3 Å². The lowest BCUT2D eigenvalue weighted by Gasteiger charge is -2.00. The van der Waals surface area contributed by atoms with Crippen LogP contribution in [0.2, 0.25) is 0 Å². The third-order valence-corrected chi connectivity index (χ3v) is 2.89. The number of benzene rings is 1. The van der Waals surface area contributed by atoms with E-state index in [1.807, 2.05) is 6.21 Å². The van der Waals surface area contributed by atoms with Crippen LogP contribution in [0, 0.1) is 6.92 Å². The van der Waals surface area contributed by atoms with Gasteiger partial charge in [-0.05, 0) is 30.3 Å². The van der Waals surface area contributed by atoms with Crippen LogP contribution >= 0.6 is 9.24 Å². The van der Waals surface area contributed by atoms with Gasteiger partial charge in [0, 0.05) is 12.8 Å². The zero-order chi connectivity index (χ0) is 11.1. The van der Waals surface area contributed by atoms with Gasteiger partial charge in [-0.2, -0.15) is 0 Å². The molecule has 0 radical (unpaired) electrons. The number of rotatable bonds is 5. The summed E-state index contributed by atoms with van der Waals surface area (Å²) in [4.78, 5) is 4.44. The molecule has 1 aromatic rings. The first-order valence-electron chi connectivity index (χ1n) is 5.60. The first-order chi connectivity index (χ1) is 7.24. The molecule has 2 heteroatoms. The molecule has 0 heterocycles. The molecular weight excluding hydrogens is 201 g/mol. The van der Waals surface area contributed by atoms with Gasteiger partial charge in [-0.15, -0.1) is 9.24 Å². The van der Waals surface area contributed by atoms with Crippen molar-refractivity contribution in [1.82, 2.24) is 0 Å². The van der Waals surface area contributed by atoms with Gasteiger partial charge in [0.15, 0.2) is 0 Å². The highest BCUT2D eigenvalue weighted by molar-refractivity contribution is 7.27. The lowest BCUT2D eigenvalue weighted by atomic mass is 10.1. The quantitative estimate of drug-likeness (QED) is 0.411. The molecule has 82 valence electrons. The third-order valence-electron chi connectivity index (χ3n) is 2.36. The molecule has 1 unspecified atom stereocenters. The Morgan fingerprint density at radius 1 is 1.33 bits per heavy atom. The van der Waals surface area contributed by atoms with Crippen LogP contribution in [0.1, 0.15) is 37.3 Å². The summed E-state index contributed by atoms with van der Waals surface area (Å²) in [6.07, 6.45) is 5.73. The number of aliphatic imine (C=N–C) groups is 1. The van der Waals surface area contributed by atoms with Crippen molar-refractivity contribution < 1.29 is 0 Å². The molecule has 0 fully saturated rings. The molecule has 0 bridgehead atoms. The van der Waals surface area contributed by atoms with Gasteiger partial charge < -0.3 is 0 Å². The molecule has 1 rings (SSSR count). The molecule has 0 aliphatic carbocycles. The van der Waals surface area contributed by atoms with E-state index in [4.69, 9.17) is 0 Å². The second-order valence-electron chi connectivity index (χ2n) is 3.87. The minimum atomic E-state index is 0.950. The maximum atomic E-state index is 4.44. The van der Waals surface area contributed by atoms with Gasteiger partial charge in [0.1, 0.15) is 0 Å². The maximum Gasteiger partial charge on any atom is 0.0389 e. The van der Waals surface area contributed by atoms with E-state index >= 15 is 0 Å². The van der Waals surface area contributed by atoms with Gasteiger partial charge in [0.05, 0.1) is 0 Å². The topological polar surface area (TPSA) is 12.4 Å². The Morgan fingerprint density at radius 2 is 2.13 bits per heavy atom. The molecule has 1 atom stereocenters. The maximum absolute atomic E-state index is 4.44. The Morgan fingerprint density at radius 3 is 2.87 bits per heavy atom. The van der Waals surface area contributed by atoms with Crippen molar-refractivity contribution in [3.8, 4) is 0 Å². The SMILES string of the molecule is CCCCC/N=C/c1cc(C)ccc1P. The van der Waals surface area contributed by atoms with Crippen molar-refractivity contribution in [3.63, 3.8) is 0 Å². The molecule has 15 heavy (non-hydrogen) atoms. The van der Waals surface area contributed by atoms with Crippen LogP contribution in [-0.2, 0) is 0 Å². The zero-order valence-electron chi connectivity index (χ0n) is 9.66. The summed E-state index contributed by atoms with van der Waals surface area (Å²) in [6.45, 7) is 5.27. The number of nitrogens with zero attached hydrogens (tertiary/aromatic N) is 1. The summed E-state index contributed by atoms with van der Waals surface area (Å²) >= 11 is 0. The second kappa shape index (κ2) is 6.74. The van der Waals surface area contributed by atoms with Gasteiger partial charge in [-0.25, -0.2) is 0 Å². The fourth-order valence-electron chi connectivity index (χ4n) is 1.42. The Hall–Kier alpha value is -0.680. The summed E-state index contributed by atoms with van der Waals surface area (Å²) in [5, 5.41) is 1.22. The number of aryl methyl sites for hydroxylation is 1. The van der Waals surface area contributed by atoms with Crippen LogP contribution in [0.4, 0.5) is 0 Å². The molecule has 0 aromatic heterocycles. The second-order valence-corrected chi connectivity index (χ2v) is 4.50. The van der Waals surface area contributed by atoms with Gasteiger partial charge in [0.2, 0.25) is 0 Å². The molecule has 0 N–H and O–H groups in total. The van der Waals surface area contributed by atoms with Gasteiger partial charge >= 0.3 is 0 Å². The van der Waals surface area contributed by atoms with E-state index in [0.717, 1.165) is 6.54 Å². The summed E-state index contributed by atoms with van der Waals surface area (Å²) in [5.41, 5.74) is 2.51. The van der Waals surface area contributed by atoms with E-state index < -0.39 is 0 Å². The van der Waals surface area contributed by atoms with Gasteiger partial charge in [0.25, 0.3) is 0 Å². The van der Waals surface area contributed by atoms with Crippen molar-refractivity contribution >= 4 is 20.8 Å². The van der Waals surface area contributed by atoms with Crippen molar-refractivity contribution in [2.24, 2.45) is 4.99 Å². The fraction of sp³-hybridized carbons (Fsp3) is 0.462. The van der Waals surface area contributed by atoms with Crippen LogP contribution in [0.5, 0.6) is 0 Å². The van der Waals surface area contributed by atoms with Crippen molar-refractivity contribution in [2.75, 3.05) is 6.54 Å². The molecule has 0 aliphatic heterocycles.